The predicted molar refractivity (Wildman–Crippen MR) is 138 cm³/mol. The molecule has 0 aromatic rings. The van der Waals surface area contributed by atoms with Crippen LogP contribution in [-0.2, 0) is 23.7 Å². The van der Waals surface area contributed by atoms with E-state index in [1.165, 1.54) is 5.57 Å². The van der Waals surface area contributed by atoms with Gasteiger partial charge in [-0.05, 0) is 58.9 Å². The zero-order valence-electron chi connectivity index (χ0n) is 23.2. The lowest BCUT2D eigenvalue weighted by molar-refractivity contribution is -0.136. The highest BCUT2D eigenvalue weighted by Crippen LogP contribution is 2.59. The van der Waals surface area contributed by atoms with Crippen LogP contribution in [0.1, 0.15) is 53.4 Å². The minimum atomic E-state index is -0.337. The van der Waals surface area contributed by atoms with Gasteiger partial charge in [0.15, 0.2) is 0 Å². The van der Waals surface area contributed by atoms with Crippen LogP contribution < -0.4 is 0 Å². The Bertz CT molecular complexity index is 896. The monoisotopic (exact) mass is 519 g/mol. The molecule has 1 spiro atoms. The first-order valence-corrected chi connectivity index (χ1v) is 14.1. The molecular formula is C28H45N3O6. The van der Waals surface area contributed by atoms with Gasteiger partial charge in [0, 0.05) is 39.8 Å². The average Bonchev–Trinajstić information content (AvgIpc) is 3.75. The van der Waals surface area contributed by atoms with Crippen LogP contribution in [-0.4, -0.2) is 116 Å². The van der Waals surface area contributed by atoms with Crippen molar-refractivity contribution in [1.82, 2.24) is 14.7 Å². The molecule has 2 amide bonds. The molecule has 0 N–H and O–H groups in total. The van der Waals surface area contributed by atoms with Gasteiger partial charge in [-0.1, -0.05) is 18.6 Å². The third kappa shape index (κ3) is 5.42. The van der Waals surface area contributed by atoms with E-state index < -0.39 is 0 Å². The van der Waals surface area contributed by atoms with Crippen molar-refractivity contribution in [2.24, 2.45) is 11.8 Å². The van der Waals surface area contributed by atoms with Gasteiger partial charge in [-0.2, -0.15) is 0 Å². The van der Waals surface area contributed by atoms with E-state index in [9.17, 15) is 9.59 Å². The number of hydrogen-bond acceptors (Lipinski definition) is 7. The fraction of sp³-hybridized carbons (Fsp3) is 0.857. The number of amides is 2. The Labute approximate surface area is 221 Å². The summed E-state index contributed by atoms with van der Waals surface area (Å²) in [5.41, 5.74) is 0.725. The molecule has 0 aromatic carbocycles. The first-order valence-electron chi connectivity index (χ1n) is 14.1. The number of likely N-dealkylation sites (N-methyl/N-ethyl adjacent to an activating group) is 1. The molecule has 0 bridgehead atoms. The van der Waals surface area contributed by atoms with Crippen LogP contribution in [0.25, 0.3) is 0 Å². The average molecular weight is 520 g/mol. The summed E-state index contributed by atoms with van der Waals surface area (Å²) in [6.45, 7) is 14.5. The fourth-order valence-corrected chi connectivity index (χ4v) is 6.78. The van der Waals surface area contributed by atoms with Crippen molar-refractivity contribution in [3.8, 4) is 0 Å². The number of likely N-dealkylation sites (tertiary alicyclic amines) is 1. The van der Waals surface area contributed by atoms with Crippen LogP contribution in [0.5, 0.6) is 0 Å². The van der Waals surface area contributed by atoms with Crippen molar-refractivity contribution in [2.45, 2.75) is 82.9 Å². The molecule has 1 saturated carbocycles. The lowest BCUT2D eigenvalue weighted by Gasteiger charge is -2.45. The van der Waals surface area contributed by atoms with E-state index in [0.717, 1.165) is 58.5 Å². The molecule has 4 unspecified atom stereocenters. The van der Waals surface area contributed by atoms with Crippen molar-refractivity contribution in [3.63, 3.8) is 0 Å². The molecule has 9 heteroatoms. The van der Waals surface area contributed by atoms with Crippen molar-refractivity contribution in [1.29, 1.82) is 0 Å². The summed E-state index contributed by atoms with van der Waals surface area (Å²) in [5, 5.41) is 0. The molecular weight excluding hydrogens is 474 g/mol. The molecule has 9 nitrogen and oxygen atoms in total. The van der Waals surface area contributed by atoms with E-state index >= 15 is 0 Å². The summed E-state index contributed by atoms with van der Waals surface area (Å²) in [7, 11) is 1.71. The number of rotatable bonds is 9. The second kappa shape index (κ2) is 10.5. The molecule has 0 aromatic heterocycles. The molecule has 5 rings (SSSR count). The first kappa shape index (κ1) is 26.9. The Morgan fingerprint density at radius 2 is 2.00 bits per heavy atom. The number of ether oxygens (including phenoxy) is 4. The minimum absolute atomic E-state index is 0.0296. The summed E-state index contributed by atoms with van der Waals surface area (Å²) in [6.07, 6.45) is 4.92. The summed E-state index contributed by atoms with van der Waals surface area (Å²) < 4.78 is 24.3. The van der Waals surface area contributed by atoms with Gasteiger partial charge in [0.25, 0.3) is 0 Å². The van der Waals surface area contributed by atoms with Crippen molar-refractivity contribution in [2.75, 3.05) is 59.5 Å². The lowest BCUT2D eigenvalue weighted by Crippen LogP contribution is -2.58. The molecule has 4 aliphatic heterocycles. The van der Waals surface area contributed by atoms with Crippen LogP contribution in [0, 0.1) is 11.8 Å². The molecule has 6 atom stereocenters. The standard InChI is InChI=1S/C28H45N3O6/c1-6-29-13-14-30(23(32)17-29)12-10-20-15-31(16-20)26(33)36-21-9-11-28(18-35-28)25(24(21)34-5)27(4)22(37-27)8-7-19(2)3/h7,20-22,24-25H,6,8-18H2,1-5H3/t21?,22-,24?,25?,27+,28?/m1/s1. The highest BCUT2D eigenvalue weighted by Gasteiger charge is 2.72. The van der Waals surface area contributed by atoms with Crippen molar-refractivity contribution >= 4 is 12.0 Å². The third-order valence-corrected chi connectivity index (χ3v) is 9.36. The van der Waals surface area contributed by atoms with E-state index in [1.54, 1.807) is 12.0 Å². The second-order valence-electron chi connectivity index (χ2n) is 12.1. The highest BCUT2D eigenvalue weighted by atomic mass is 16.6. The van der Waals surface area contributed by atoms with Gasteiger partial charge in [0.1, 0.15) is 23.4 Å². The molecule has 37 heavy (non-hydrogen) atoms. The number of allylic oxidation sites excluding steroid dienone is 1. The minimum Gasteiger partial charge on any atom is -0.443 e. The summed E-state index contributed by atoms with van der Waals surface area (Å²) >= 11 is 0. The zero-order valence-corrected chi connectivity index (χ0v) is 23.2. The molecule has 1 aliphatic carbocycles. The van der Waals surface area contributed by atoms with Crippen molar-refractivity contribution < 1.29 is 28.5 Å². The van der Waals surface area contributed by atoms with Gasteiger partial charge >= 0.3 is 6.09 Å². The smallest absolute Gasteiger partial charge is 0.410 e. The maximum Gasteiger partial charge on any atom is 0.410 e. The second-order valence-corrected chi connectivity index (χ2v) is 12.1. The molecule has 208 valence electrons. The SMILES string of the molecule is CCN1CCN(CCC2CN(C(=O)OC3CCC4(CO4)C([C@@]4(C)O[C@@H]4CC=C(C)C)C3OC)C2)C(=O)C1. The number of carbonyl (C=O) groups is 2. The van der Waals surface area contributed by atoms with Gasteiger partial charge in [0.2, 0.25) is 5.91 Å². The van der Waals surface area contributed by atoms with E-state index in [0.29, 0.717) is 25.6 Å². The number of epoxide rings is 2. The third-order valence-electron chi connectivity index (χ3n) is 9.36. The molecule has 4 heterocycles. The number of piperazine rings is 1. The van der Waals surface area contributed by atoms with E-state index in [2.05, 4.69) is 38.7 Å². The summed E-state index contributed by atoms with van der Waals surface area (Å²) in [4.78, 5) is 31.3. The normalized spacial score (nSPS) is 37.9. The zero-order chi connectivity index (χ0) is 26.4. The summed E-state index contributed by atoms with van der Waals surface area (Å²) in [5.74, 6) is 0.663. The van der Waals surface area contributed by atoms with Crippen LogP contribution in [0.3, 0.4) is 0 Å². The predicted octanol–water partition coefficient (Wildman–Crippen LogP) is 2.69. The number of carbonyl (C=O) groups excluding carboxylic acids is 2. The van der Waals surface area contributed by atoms with Crippen LogP contribution >= 0.6 is 0 Å². The Morgan fingerprint density at radius 3 is 2.62 bits per heavy atom. The Morgan fingerprint density at radius 1 is 1.24 bits per heavy atom. The molecule has 5 fully saturated rings. The Balaban J connectivity index is 1.11. The topological polar surface area (TPSA) is 87.4 Å². The van der Waals surface area contributed by atoms with Gasteiger partial charge in [-0.15, -0.1) is 0 Å². The molecule has 5 aliphatic rings. The quantitative estimate of drug-likeness (QED) is 0.342. The van der Waals surface area contributed by atoms with Gasteiger partial charge in [-0.25, -0.2) is 4.79 Å². The maximum atomic E-state index is 13.0. The fourth-order valence-electron chi connectivity index (χ4n) is 6.78. The van der Waals surface area contributed by atoms with Crippen LogP contribution in [0.2, 0.25) is 0 Å². The van der Waals surface area contributed by atoms with Crippen molar-refractivity contribution in [3.05, 3.63) is 11.6 Å². The number of hydrogen-bond donors (Lipinski definition) is 0. The largest absolute Gasteiger partial charge is 0.443 e. The van der Waals surface area contributed by atoms with Crippen LogP contribution in [0.4, 0.5) is 4.79 Å². The van der Waals surface area contributed by atoms with Crippen LogP contribution in [0.15, 0.2) is 11.6 Å². The molecule has 0 radical (unpaired) electrons. The first-order chi connectivity index (χ1) is 17.7. The van der Waals surface area contributed by atoms with E-state index in [-0.39, 0.29) is 47.4 Å². The van der Waals surface area contributed by atoms with E-state index in [4.69, 9.17) is 18.9 Å². The number of nitrogens with zero attached hydrogens (tertiary/aromatic N) is 3. The lowest BCUT2D eigenvalue weighted by atomic mass is 9.68. The number of methoxy groups -OCH3 is 1. The molecule has 4 saturated heterocycles. The Kier molecular flexibility index (Phi) is 7.62. The van der Waals surface area contributed by atoms with Gasteiger partial charge in [-0.3, -0.25) is 9.69 Å². The van der Waals surface area contributed by atoms with E-state index in [1.807, 2.05) is 4.90 Å². The van der Waals surface area contributed by atoms with Gasteiger partial charge in [0.05, 0.1) is 25.2 Å². The van der Waals surface area contributed by atoms with Gasteiger partial charge < -0.3 is 28.7 Å². The Hall–Kier alpha value is -1.68. The maximum absolute atomic E-state index is 13.0. The summed E-state index contributed by atoms with van der Waals surface area (Å²) in [6, 6.07) is 0. The highest BCUT2D eigenvalue weighted by molar-refractivity contribution is 5.79.